The van der Waals surface area contributed by atoms with E-state index in [-0.39, 0.29) is 23.9 Å². The van der Waals surface area contributed by atoms with Crippen molar-refractivity contribution < 1.29 is 14.3 Å². The second kappa shape index (κ2) is 6.19. The zero-order valence-corrected chi connectivity index (χ0v) is 11.2. The molecule has 18 heavy (non-hydrogen) atoms. The summed E-state index contributed by atoms with van der Waals surface area (Å²) < 4.78 is 5.07. The van der Waals surface area contributed by atoms with Crippen LogP contribution in [0.4, 0.5) is 5.69 Å². The smallest absolute Gasteiger partial charge is 0.338 e. The van der Waals surface area contributed by atoms with Gasteiger partial charge in [0.2, 0.25) is 5.91 Å². The lowest BCUT2D eigenvalue weighted by Crippen LogP contribution is -2.17. The summed E-state index contributed by atoms with van der Waals surface area (Å²) in [6, 6.07) is 6.66. The van der Waals surface area contributed by atoms with Gasteiger partial charge in [-0.2, -0.15) is 0 Å². The fraction of sp³-hybridized carbons (Fsp3) is 0.429. The predicted octanol–water partition coefficient (Wildman–Crippen LogP) is 2.85. The molecule has 0 fully saturated rings. The van der Waals surface area contributed by atoms with E-state index >= 15 is 0 Å². The zero-order valence-electron chi connectivity index (χ0n) is 11.2. The van der Waals surface area contributed by atoms with E-state index in [1.165, 1.54) is 0 Å². The quantitative estimate of drug-likeness (QED) is 0.835. The minimum absolute atomic E-state index is 0.0486. The van der Waals surface area contributed by atoms with Crippen LogP contribution >= 0.6 is 0 Å². The van der Waals surface area contributed by atoms with Crippen LogP contribution in [0.5, 0.6) is 0 Å². The Morgan fingerprint density at radius 1 is 1.06 bits per heavy atom. The number of esters is 1. The van der Waals surface area contributed by atoms with Crippen LogP contribution in [0.2, 0.25) is 0 Å². The molecule has 0 atom stereocenters. The van der Waals surface area contributed by atoms with E-state index in [1.54, 1.807) is 38.1 Å². The van der Waals surface area contributed by atoms with Gasteiger partial charge in [0.1, 0.15) is 0 Å². The molecule has 1 rings (SSSR count). The Hall–Kier alpha value is -1.84. The van der Waals surface area contributed by atoms with Crippen molar-refractivity contribution in [1.29, 1.82) is 0 Å². The molecule has 1 amide bonds. The first kappa shape index (κ1) is 14.2. The van der Waals surface area contributed by atoms with Gasteiger partial charge in [-0.05, 0) is 38.1 Å². The molecule has 0 aromatic heterocycles. The van der Waals surface area contributed by atoms with Gasteiger partial charge < -0.3 is 10.1 Å². The summed E-state index contributed by atoms with van der Waals surface area (Å²) >= 11 is 0. The van der Waals surface area contributed by atoms with Crippen LogP contribution in [-0.2, 0) is 9.53 Å². The van der Waals surface area contributed by atoms with Crippen LogP contribution in [0.1, 0.15) is 38.1 Å². The molecule has 4 heteroatoms. The Morgan fingerprint density at radius 3 is 2.06 bits per heavy atom. The third-order valence-corrected chi connectivity index (χ3v) is 2.26. The summed E-state index contributed by atoms with van der Waals surface area (Å²) in [5.41, 5.74) is 1.15. The fourth-order valence-electron chi connectivity index (χ4n) is 1.26. The van der Waals surface area contributed by atoms with Gasteiger partial charge >= 0.3 is 5.97 Å². The number of carbonyl (C=O) groups is 2. The molecule has 0 radical (unpaired) electrons. The average molecular weight is 249 g/mol. The molecule has 0 aliphatic rings. The van der Waals surface area contributed by atoms with Gasteiger partial charge in [0.25, 0.3) is 0 Å². The number of anilines is 1. The van der Waals surface area contributed by atoms with Gasteiger partial charge in [-0.25, -0.2) is 4.79 Å². The average Bonchev–Trinajstić information content (AvgIpc) is 2.28. The molecule has 98 valence electrons. The monoisotopic (exact) mass is 249 g/mol. The van der Waals surface area contributed by atoms with E-state index in [1.807, 2.05) is 13.8 Å². The molecule has 0 unspecified atom stereocenters. The first-order chi connectivity index (χ1) is 8.40. The molecule has 1 N–H and O–H groups in total. The first-order valence-electron chi connectivity index (χ1n) is 6.02. The second-order valence-corrected chi connectivity index (χ2v) is 4.68. The number of nitrogens with one attached hydrogen (secondary N) is 1. The largest absolute Gasteiger partial charge is 0.459 e. The maximum atomic E-state index is 11.6. The number of hydrogen-bond acceptors (Lipinski definition) is 3. The fourth-order valence-corrected chi connectivity index (χ4v) is 1.26. The van der Waals surface area contributed by atoms with E-state index in [0.29, 0.717) is 11.3 Å². The lowest BCUT2D eigenvalue weighted by molar-refractivity contribution is -0.118. The van der Waals surface area contributed by atoms with Gasteiger partial charge in [0.05, 0.1) is 11.7 Å². The van der Waals surface area contributed by atoms with Crippen LogP contribution in [0.3, 0.4) is 0 Å². The lowest BCUT2D eigenvalue weighted by Gasteiger charge is -2.10. The van der Waals surface area contributed by atoms with Gasteiger partial charge in [-0.3, -0.25) is 4.79 Å². The molecule has 4 nitrogen and oxygen atoms in total. The zero-order chi connectivity index (χ0) is 13.7. The van der Waals surface area contributed by atoms with Gasteiger partial charge in [0, 0.05) is 11.6 Å². The molecule has 0 heterocycles. The summed E-state index contributed by atoms with van der Waals surface area (Å²) in [7, 11) is 0. The Bertz CT molecular complexity index is 421. The number of amides is 1. The Kier molecular flexibility index (Phi) is 4.89. The van der Waals surface area contributed by atoms with Crippen molar-refractivity contribution in [3.8, 4) is 0 Å². The number of rotatable bonds is 4. The van der Waals surface area contributed by atoms with Crippen LogP contribution in [0, 0.1) is 5.92 Å². The summed E-state index contributed by atoms with van der Waals surface area (Å²) in [6.07, 6.45) is -0.141. The van der Waals surface area contributed by atoms with Crippen molar-refractivity contribution in [2.24, 2.45) is 5.92 Å². The highest BCUT2D eigenvalue weighted by Gasteiger charge is 2.10. The molecule has 0 saturated heterocycles. The van der Waals surface area contributed by atoms with Crippen molar-refractivity contribution in [3.63, 3.8) is 0 Å². The second-order valence-electron chi connectivity index (χ2n) is 4.68. The van der Waals surface area contributed by atoms with E-state index in [4.69, 9.17) is 4.74 Å². The maximum absolute atomic E-state index is 11.6. The van der Waals surface area contributed by atoms with Crippen molar-refractivity contribution in [2.45, 2.75) is 33.8 Å². The Labute approximate surface area is 107 Å². The molecule has 1 aromatic rings. The molecule has 1 aromatic carbocycles. The van der Waals surface area contributed by atoms with Crippen molar-refractivity contribution in [3.05, 3.63) is 29.8 Å². The van der Waals surface area contributed by atoms with Crippen molar-refractivity contribution in [2.75, 3.05) is 5.32 Å². The summed E-state index contributed by atoms with van der Waals surface area (Å²) in [6.45, 7) is 7.25. The Morgan fingerprint density at radius 2 is 1.61 bits per heavy atom. The lowest BCUT2D eigenvalue weighted by atomic mass is 10.1. The highest BCUT2D eigenvalue weighted by atomic mass is 16.5. The van der Waals surface area contributed by atoms with Crippen molar-refractivity contribution in [1.82, 2.24) is 0 Å². The van der Waals surface area contributed by atoms with E-state index in [2.05, 4.69) is 5.32 Å². The molecule has 0 spiro atoms. The molecule has 0 saturated carbocycles. The highest BCUT2D eigenvalue weighted by Crippen LogP contribution is 2.12. The normalized spacial score (nSPS) is 10.6. The molecular formula is C14H19NO3. The standard InChI is InChI=1S/C14H19NO3/c1-9(2)13(16)15-12-7-5-11(6-8-12)14(17)18-10(3)4/h5-10H,1-4H3,(H,15,16). The minimum atomic E-state index is -0.355. The van der Waals surface area contributed by atoms with Crippen LogP contribution in [0.25, 0.3) is 0 Å². The van der Waals surface area contributed by atoms with E-state index in [0.717, 1.165) is 0 Å². The Balaban J connectivity index is 2.68. The van der Waals surface area contributed by atoms with Crippen molar-refractivity contribution >= 4 is 17.6 Å². The minimum Gasteiger partial charge on any atom is -0.459 e. The predicted molar refractivity (Wildman–Crippen MR) is 70.5 cm³/mol. The highest BCUT2D eigenvalue weighted by molar-refractivity contribution is 5.93. The third-order valence-electron chi connectivity index (χ3n) is 2.26. The molecule has 0 aliphatic carbocycles. The van der Waals surface area contributed by atoms with Crippen LogP contribution in [0.15, 0.2) is 24.3 Å². The summed E-state index contributed by atoms with van der Waals surface area (Å²) in [5.74, 6) is -0.477. The van der Waals surface area contributed by atoms with Gasteiger partial charge in [-0.15, -0.1) is 0 Å². The number of hydrogen-bond donors (Lipinski definition) is 1. The number of carbonyl (C=O) groups excluding carboxylic acids is 2. The molecular weight excluding hydrogens is 230 g/mol. The SMILES string of the molecule is CC(C)OC(=O)c1ccc(NC(=O)C(C)C)cc1. The van der Waals surface area contributed by atoms with Gasteiger partial charge in [-0.1, -0.05) is 13.8 Å². The first-order valence-corrected chi connectivity index (χ1v) is 6.02. The third kappa shape index (κ3) is 4.20. The maximum Gasteiger partial charge on any atom is 0.338 e. The van der Waals surface area contributed by atoms with Gasteiger partial charge in [0.15, 0.2) is 0 Å². The topological polar surface area (TPSA) is 55.4 Å². The molecule has 0 bridgehead atoms. The number of benzene rings is 1. The number of ether oxygens (including phenoxy) is 1. The summed E-state index contributed by atoms with van der Waals surface area (Å²) in [4.78, 5) is 23.1. The summed E-state index contributed by atoms with van der Waals surface area (Å²) in [5, 5.41) is 2.76. The van der Waals surface area contributed by atoms with Crippen LogP contribution < -0.4 is 5.32 Å². The van der Waals surface area contributed by atoms with Crippen LogP contribution in [-0.4, -0.2) is 18.0 Å². The van der Waals surface area contributed by atoms with E-state index in [9.17, 15) is 9.59 Å². The molecule has 0 aliphatic heterocycles. The van der Waals surface area contributed by atoms with E-state index < -0.39 is 0 Å².